The first-order chi connectivity index (χ1) is 13.8. The number of aliphatic hydroxyl groups is 2. The molecule has 0 fully saturated rings. The molecule has 0 atom stereocenters. The summed E-state index contributed by atoms with van der Waals surface area (Å²) in [6.45, 7) is 3.36. The zero-order chi connectivity index (χ0) is 20.8. The van der Waals surface area contributed by atoms with Gasteiger partial charge >= 0.3 is 0 Å². The van der Waals surface area contributed by atoms with Crippen LogP contribution in [-0.2, 0) is 11.2 Å². The fourth-order valence-corrected chi connectivity index (χ4v) is 3.65. The van der Waals surface area contributed by atoms with Gasteiger partial charge in [0, 0.05) is 5.69 Å². The number of rotatable bonds is 4. The molecule has 0 spiro atoms. The third-order valence-corrected chi connectivity index (χ3v) is 5.28. The van der Waals surface area contributed by atoms with Crippen LogP contribution in [0.5, 0.6) is 0 Å². The second kappa shape index (κ2) is 6.85. The zero-order valence-corrected chi connectivity index (χ0v) is 16.6. The lowest BCUT2D eigenvalue weighted by atomic mass is 10.0. The van der Waals surface area contributed by atoms with Crippen LogP contribution in [0, 0.1) is 4.77 Å². The fourth-order valence-electron chi connectivity index (χ4n) is 3.47. The lowest BCUT2D eigenvalue weighted by molar-refractivity contribution is -0.117. The van der Waals surface area contributed by atoms with Gasteiger partial charge in [-0.15, -0.1) is 0 Å². The van der Waals surface area contributed by atoms with Gasteiger partial charge in [-0.2, -0.15) is 5.21 Å². The van der Waals surface area contributed by atoms with E-state index >= 15 is 0 Å². The third-order valence-electron chi connectivity index (χ3n) is 5.01. The summed E-state index contributed by atoms with van der Waals surface area (Å²) in [5, 5.41) is 30.1. The molecule has 2 heterocycles. The molecule has 1 aliphatic heterocycles. The number of aromatic nitrogens is 4. The summed E-state index contributed by atoms with van der Waals surface area (Å²) in [5.41, 5.74) is 2.55. The maximum absolute atomic E-state index is 12.3. The maximum Gasteiger partial charge on any atom is 0.297 e. The Morgan fingerprint density at radius 3 is 2.38 bits per heavy atom. The quantitative estimate of drug-likeness (QED) is 0.571. The van der Waals surface area contributed by atoms with E-state index in [0.717, 1.165) is 16.8 Å². The first-order valence-corrected chi connectivity index (χ1v) is 9.35. The number of H-pyrrole nitrogens is 1. The SMILES string of the molecule is CC1(C)C(O)=C(O)C(=O)N1c1ccc(Cc2cccc(-n3[nH]nnc3=S)c2)cc1. The van der Waals surface area contributed by atoms with E-state index in [4.69, 9.17) is 12.2 Å². The van der Waals surface area contributed by atoms with Crippen molar-refractivity contribution < 1.29 is 15.0 Å². The Kier molecular flexibility index (Phi) is 4.46. The number of nitrogens with zero attached hydrogens (tertiary/aromatic N) is 4. The molecule has 1 amide bonds. The van der Waals surface area contributed by atoms with Crippen LogP contribution < -0.4 is 4.90 Å². The Bertz CT molecular complexity index is 1180. The van der Waals surface area contributed by atoms with Gasteiger partial charge in [0.05, 0.1) is 5.69 Å². The summed E-state index contributed by atoms with van der Waals surface area (Å²) in [7, 11) is 0. The van der Waals surface area contributed by atoms with Crippen LogP contribution >= 0.6 is 12.2 Å². The van der Waals surface area contributed by atoms with Gasteiger partial charge in [-0.25, -0.2) is 4.68 Å². The Balaban J connectivity index is 1.57. The van der Waals surface area contributed by atoms with Crippen LogP contribution in [0.4, 0.5) is 5.69 Å². The van der Waals surface area contributed by atoms with E-state index in [2.05, 4.69) is 15.5 Å². The van der Waals surface area contributed by atoms with Crippen molar-refractivity contribution in [3.05, 3.63) is 75.9 Å². The van der Waals surface area contributed by atoms with Gasteiger partial charge in [0.2, 0.25) is 10.5 Å². The third kappa shape index (κ3) is 3.19. The molecule has 3 aromatic rings. The standard InChI is InChI=1S/C20H19N5O3S/c1-20(2)17(27)16(26)18(28)24(20)14-8-6-12(7-9-14)10-13-4-3-5-15(11-13)25-19(29)21-22-23-25/h3-9,11,26-27H,10H2,1-2H3,(H,21,23,29). The average Bonchev–Trinajstić information content (AvgIpc) is 3.19. The minimum absolute atomic E-state index is 0.324. The first kappa shape index (κ1) is 18.9. The predicted octanol–water partition coefficient (Wildman–Crippen LogP) is 3.37. The van der Waals surface area contributed by atoms with Gasteiger partial charge in [0.25, 0.3) is 5.91 Å². The highest BCUT2D eigenvalue weighted by Gasteiger charge is 2.46. The lowest BCUT2D eigenvalue weighted by Crippen LogP contribution is -2.43. The van der Waals surface area contributed by atoms with E-state index in [1.54, 1.807) is 30.7 Å². The van der Waals surface area contributed by atoms with Crippen molar-refractivity contribution in [3.63, 3.8) is 0 Å². The van der Waals surface area contributed by atoms with Gasteiger partial charge in [-0.05, 0) is 67.9 Å². The molecular formula is C20H19N5O3S. The van der Waals surface area contributed by atoms with Crippen LogP contribution in [0.3, 0.4) is 0 Å². The molecule has 0 bridgehead atoms. The van der Waals surface area contributed by atoms with Crippen molar-refractivity contribution in [1.82, 2.24) is 20.2 Å². The van der Waals surface area contributed by atoms with E-state index in [1.165, 1.54) is 4.90 Å². The van der Waals surface area contributed by atoms with Crippen molar-refractivity contribution in [2.75, 3.05) is 4.90 Å². The monoisotopic (exact) mass is 409 g/mol. The number of hydrogen-bond donors (Lipinski definition) is 3. The van der Waals surface area contributed by atoms with Crippen molar-refractivity contribution >= 4 is 23.8 Å². The average molecular weight is 409 g/mol. The lowest BCUT2D eigenvalue weighted by Gasteiger charge is -2.31. The molecule has 0 aliphatic carbocycles. The minimum Gasteiger partial charge on any atom is -0.506 e. The number of nitrogens with one attached hydrogen (secondary N) is 1. The van der Waals surface area contributed by atoms with E-state index in [9.17, 15) is 15.0 Å². The molecule has 4 rings (SSSR count). The molecule has 0 saturated heterocycles. The smallest absolute Gasteiger partial charge is 0.297 e. The number of carbonyl (C=O) groups is 1. The number of hydrogen-bond acceptors (Lipinski definition) is 6. The van der Waals surface area contributed by atoms with Gasteiger partial charge < -0.3 is 10.2 Å². The van der Waals surface area contributed by atoms with E-state index in [-0.39, 0.29) is 5.76 Å². The number of aliphatic hydroxyl groups excluding tert-OH is 2. The minimum atomic E-state index is -1.01. The Hall–Kier alpha value is -3.46. The molecule has 3 N–H and O–H groups in total. The number of anilines is 1. The second-order valence-corrected chi connectivity index (χ2v) is 7.69. The van der Waals surface area contributed by atoms with E-state index in [1.807, 2.05) is 36.4 Å². The molecule has 29 heavy (non-hydrogen) atoms. The second-order valence-electron chi connectivity index (χ2n) is 7.33. The van der Waals surface area contributed by atoms with Crippen molar-refractivity contribution in [2.45, 2.75) is 25.8 Å². The number of amides is 1. The number of benzene rings is 2. The maximum atomic E-state index is 12.3. The van der Waals surface area contributed by atoms with Crippen LogP contribution in [0.1, 0.15) is 25.0 Å². The van der Waals surface area contributed by atoms with Crippen molar-refractivity contribution in [2.24, 2.45) is 0 Å². The highest BCUT2D eigenvalue weighted by atomic mass is 32.1. The van der Waals surface area contributed by atoms with Crippen LogP contribution in [0.2, 0.25) is 0 Å². The zero-order valence-electron chi connectivity index (χ0n) is 15.8. The molecule has 9 heteroatoms. The molecule has 0 saturated carbocycles. The largest absolute Gasteiger partial charge is 0.506 e. The number of carbonyl (C=O) groups excluding carboxylic acids is 1. The summed E-state index contributed by atoms with van der Waals surface area (Å²) >= 11 is 5.14. The normalized spacial score (nSPS) is 15.9. The van der Waals surface area contributed by atoms with Crippen LogP contribution in [0.15, 0.2) is 60.0 Å². The Morgan fingerprint density at radius 2 is 1.79 bits per heavy atom. The van der Waals surface area contributed by atoms with Crippen LogP contribution in [-0.4, -0.2) is 41.9 Å². The summed E-state index contributed by atoms with van der Waals surface area (Å²) in [6, 6.07) is 15.3. The van der Waals surface area contributed by atoms with Crippen molar-refractivity contribution in [3.8, 4) is 5.69 Å². The van der Waals surface area contributed by atoms with Gasteiger partial charge in [0.15, 0.2) is 5.76 Å². The first-order valence-electron chi connectivity index (χ1n) is 8.94. The van der Waals surface area contributed by atoms with E-state index in [0.29, 0.717) is 16.9 Å². The molecule has 0 unspecified atom stereocenters. The molecule has 1 aromatic heterocycles. The predicted molar refractivity (Wildman–Crippen MR) is 110 cm³/mol. The molecule has 1 aliphatic rings. The summed E-state index contributed by atoms with van der Waals surface area (Å²) in [6.07, 6.45) is 0.676. The molecule has 0 radical (unpaired) electrons. The summed E-state index contributed by atoms with van der Waals surface area (Å²) < 4.78 is 1.97. The van der Waals surface area contributed by atoms with Crippen LogP contribution in [0.25, 0.3) is 5.69 Å². The topological polar surface area (TPSA) is 107 Å². The van der Waals surface area contributed by atoms with E-state index < -0.39 is 17.2 Å². The van der Waals surface area contributed by atoms with Gasteiger partial charge in [-0.3, -0.25) is 9.69 Å². The number of aromatic amines is 1. The Labute approximate surface area is 171 Å². The summed E-state index contributed by atoms with van der Waals surface area (Å²) in [4.78, 5) is 13.7. The highest BCUT2D eigenvalue weighted by Crippen LogP contribution is 2.36. The van der Waals surface area contributed by atoms with Gasteiger partial charge in [0.1, 0.15) is 5.54 Å². The highest BCUT2D eigenvalue weighted by molar-refractivity contribution is 7.71. The number of tetrazole rings is 1. The molecule has 8 nitrogen and oxygen atoms in total. The Morgan fingerprint density at radius 1 is 1.07 bits per heavy atom. The molecular weight excluding hydrogens is 390 g/mol. The van der Waals surface area contributed by atoms with Gasteiger partial charge in [-0.1, -0.05) is 34.6 Å². The molecule has 2 aromatic carbocycles. The molecule has 148 valence electrons. The fraction of sp³-hybridized carbons (Fsp3) is 0.200. The van der Waals surface area contributed by atoms with Crippen molar-refractivity contribution in [1.29, 1.82) is 0 Å². The summed E-state index contributed by atoms with van der Waals surface area (Å²) in [5.74, 6) is -1.55.